The lowest BCUT2D eigenvalue weighted by Gasteiger charge is -2.25. The molecule has 0 radical (unpaired) electrons. The van der Waals surface area contributed by atoms with Crippen molar-refractivity contribution in [1.29, 1.82) is 0 Å². The maximum atomic E-state index is 13.5. The van der Waals surface area contributed by atoms with Crippen LogP contribution < -0.4 is 9.97 Å². The van der Waals surface area contributed by atoms with Crippen molar-refractivity contribution in [3.8, 4) is 0 Å². The van der Waals surface area contributed by atoms with E-state index in [9.17, 15) is 22.8 Å². The number of amides is 1. The molecule has 2 N–H and O–H groups in total. The fourth-order valence-electron chi connectivity index (χ4n) is 4.03. The molecule has 3 heterocycles. The largest absolute Gasteiger partial charge is 0.323 e. The van der Waals surface area contributed by atoms with Crippen molar-refractivity contribution in [2.24, 2.45) is 5.92 Å². The average molecular weight is 481 g/mol. The number of pyridine rings is 2. The second kappa shape index (κ2) is 9.24. The number of aromatic nitrogens is 2. The monoisotopic (exact) mass is 480 g/mol. The van der Waals surface area contributed by atoms with Crippen molar-refractivity contribution in [2.45, 2.75) is 17.5 Å². The molecule has 0 spiro atoms. The summed E-state index contributed by atoms with van der Waals surface area (Å²) in [5.41, 5.74) is 1.55. The van der Waals surface area contributed by atoms with Gasteiger partial charge in [-0.1, -0.05) is 12.1 Å². The number of carbonyl (C=O) groups is 3. The van der Waals surface area contributed by atoms with Crippen LogP contribution in [0.1, 0.15) is 27.5 Å². The maximum Gasteiger partial charge on any atom is 0.291 e. The molecule has 9 nitrogen and oxygen atoms in total. The Morgan fingerprint density at radius 2 is 1.62 bits per heavy atom. The summed E-state index contributed by atoms with van der Waals surface area (Å²) >= 11 is 0. The minimum absolute atomic E-state index is 0.0269. The minimum Gasteiger partial charge on any atom is -0.323 e. The highest BCUT2D eigenvalue weighted by Gasteiger charge is 2.52. The van der Waals surface area contributed by atoms with E-state index >= 15 is 0 Å². The number of aromatic amines is 2. The summed E-state index contributed by atoms with van der Waals surface area (Å²) < 4.78 is 25.8. The Hall–Kier alpha value is -3.76. The number of carbonyl (C=O) groups excluding carboxylic acids is 3. The van der Waals surface area contributed by atoms with Gasteiger partial charge in [0.25, 0.3) is 5.91 Å². The van der Waals surface area contributed by atoms with Crippen LogP contribution >= 0.6 is 0 Å². The summed E-state index contributed by atoms with van der Waals surface area (Å²) in [5.74, 6) is -3.32. The smallest absolute Gasteiger partial charge is 0.291 e. The second-order valence-corrected chi connectivity index (χ2v) is 10.3. The van der Waals surface area contributed by atoms with Gasteiger partial charge in [-0.2, -0.15) is 0 Å². The molecule has 0 bridgehead atoms. The Morgan fingerprint density at radius 3 is 2.18 bits per heavy atom. The second-order valence-electron chi connectivity index (χ2n) is 8.14. The quantitative estimate of drug-likeness (QED) is 0.280. The molecule has 2 atom stereocenters. The number of nitrogens with one attached hydrogen (secondary N) is 2. The fraction of sp³-hybridized carbons (Fsp3) is 0.208. The predicted octanol–water partition coefficient (Wildman–Crippen LogP) is 0.717. The number of sulfonamides is 1. The molecule has 34 heavy (non-hydrogen) atoms. The van der Waals surface area contributed by atoms with Crippen LogP contribution in [0.3, 0.4) is 0 Å². The van der Waals surface area contributed by atoms with E-state index in [1.807, 2.05) is 6.07 Å². The van der Waals surface area contributed by atoms with Gasteiger partial charge in [-0.15, -0.1) is 0 Å². The molecule has 0 aliphatic carbocycles. The van der Waals surface area contributed by atoms with Gasteiger partial charge in [0.05, 0.1) is 17.5 Å². The van der Waals surface area contributed by atoms with Gasteiger partial charge in [-0.25, -0.2) is 22.7 Å². The van der Waals surface area contributed by atoms with Gasteiger partial charge in [0, 0.05) is 42.9 Å². The molecule has 1 aliphatic rings. The van der Waals surface area contributed by atoms with Crippen LogP contribution in [0.25, 0.3) is 0 Å². The van der Waals surface area contributed by atoms with Gasteiger partial charge in [-0.05, 0) is 24.3 Å². The molecule has 3 aromatic rings. The van der Waals surface area contributed by atoms with Crippen LogP contribution in [0.2, 0.25) is 0 Å². The summed E-state index contributed by atoms with van der Waals surface area (Å²) in [6.45, 7) is 0.144. The fourth-order valence-corrected chi connectivity index (χ4v) is 4.93. The lowest BCUT2D eigenvalue weighted by atomic mass is 9.87. The van der Waals surface area contributed by atoms with Crippen molar-refractivity contribution < 1.29 is 32.8 Å². The van der Waals surface area contributed by atoms with E-state index in [2.05, 4.69) is 9.97 Å². The van der Waals surface area contributed by atoms with Gasteiger partial charge in [0.15, 0.2) is 30.6 Å². The third-order valence-electron chi connectivity index (χ3n) is 5.80. The van der Waals surface area contributed by atoms with Crippen LogP contribution in [0.4, 0.5) is 0 Å². The van der Waals surface area contributed by atoms with Gasteiger partial charge >= 0.3 is 0 Å². The molecule has 174 valence electrons. The average Bonchev–Trinajstić information content (AvgIpc) is 3.09. The number of hydrogen-bond donors (Lipinski definition) is 0. The van der Waals surface area contributed by atoms with Crippen molar-refractivity contribution in [1.82, 2.24) is 9.21 Å². The topological polar surface area (TPSA) is 120 Å². The summed E-state index contributed by atoms with van der Waals surface area (Å²) in [4.78, 5) is 46.9. The number of benzene rings is 1. The van der Waals surface area contributed by atoms with E-state index in [0.717, 1.165) is 9.87 Å². The van der Waals surface area contributed by atoms with Crippen molar-refractivity contribution in [2.75, 3.05) is 14.1 Å². The van der Waals surface area contributed by atoms with Crippen LogP contribution in [-0.2, 0) is 26.2 Å². The maximum absolute atomic E-state index is 13.5. The molecule has 4 rings (SSSR count). The number of likely N-dealkylation sites (tertiary alicyclic amines) is 1. The third kappa shape index (κ3) is 4.25. The van der Waals surface area contributed by atoms with Crippen molar-refractivity contribution in [3.05, 3.63) is 90.0 Å². The van der Waals surface area contributed by atoms with Gasteiger partial charge in [0.2, 0.25) is 15.8 Å². The first-order chi connectivity index (χ1) is 16.2. The lowest BCUT2D eigenvalue weighted by molar-refractivity contribution is -0.379. The Morgan fingerprint density at radius 1 is 0.971 bits per heavy atom. The van der Waals surface area contributed by atoms with E-state index in [-0.39, 0.29) is 17.0 Å². The Labute approximate surface area is 197 Å². The highest BCUT2D eigenvalue weighted by Crippen LogP contribution is 2.38. The number of Topliss-reactive ketones (excluding diaryl/α,β-unsaturated/α-hetero) is 2. The van der Waals surface area contributed by atoms with Gasteiger partial charge in [0.1, 0.15) is 5.92 Å². The number of hydrogen-bond acceptors (Lipinski definition) is 5. The van der Waals surface area contributed by atoms with Crippen molar-refractivity contribution >= 4 is 27.5 Å². The molecule has 1 aromatic carbocycles. The van der Waals surface area contributed by atoms with Crippen LogP contribution in [0.15, 0.2) is 78.2 Å². The lowest BCUT2D eigenvalue weighted by Crippen LogP contribution is -2.31. The summed E-state index contributed by atoms with van der Waals surface area (Å²) in [6, 6.07) is 11.7. The summed E-state index contributed by atoms with van der Waals surface area (Å²) in [6.07, 6.45) is 6.81. The van der Waals surface area contributed by atoms with E-state index in [1.54, 1.807) is 43.0 Å². The number of rotatable bonds is 7. The van der Waals surface area contributed by atoms with E-state index in [1.165, 1.54) is 43.3 Å². The SMILES string of the molecule is CN(C)S(=O)(=O)c1ccc(C(=O)C2C(=O)C(=O)N(Cc3ccc[nH+]c3)C2c2ccc[nH+]c2)cc1. The van der Waals surface area contributed by atoms with Gasteiger partial charge in [-0.3, -0.25) is 14.4 Å². The molecule has 1 fully saturated rings. The summed E-state index contributed by atoms with van der Waals surface area (Å²) in [7, 11) is -0.840. The van der Waals surface area contributed by atoms with Crippen LogP contribution in [-0.4, -0.2) is 49.2 Å². The van der Waals surface area contributed by atoms with E-state index in [4.69, 9.17) is 0 Å². The normalized spacial score (nSPS) is 18.5. The van der Waals surface area contributed by atoms with Crippen molar-refractivity contribution in [3.63, 3.8) is 0 Å². The Kier molecular flexibility index (Phi) is 6.36. The zero-order valence-electron chi connectivity index (χ0n) is 18.6. The first kappa shape index (κ1) is 23.4. The van der Waals surface area contributed by atoms with E-state index in [0.29, 0.717) is 5.56 Å². The third-order valence-corrected chi connectivity index (χ3v) is 7.63. The molecule has 0 saturated carbocycles. The standard InChI is InChI=1S/C24H22N4O5S/c1-27(2)34(32,33)19-9-7-17(8-10-19)22(29)20-21(18-6-4-12-26-14-18)28(24(31)23(20)30)15-16-5-3-11-25-13-16/h3-14,20-21H,15H2,1-2H3/p+2. The van der Waals surface area contributed by atoms with E-state index < -0.39 is 39.5 Å². The number of ketones is 2. The molecule has 2 aromatic heterocycles. The highest BCUT2D eigenvalue weighted by atomic mass is 32.2. The first-order valence-corrected chi connectivity index (χ1v) is 12.0. The highest BCUT2D eigenvalue weighted by molar-refractivity contribution is 7.89. The molecule has 1 amide bonds. The molecule has 2 unspecified atom stereocenters. The Balaban J connectivity index is 1.72. The van der Waals surface area contributed by atoms with Crippen LogP contribution in [0.5, 0.6) is 0 Å². The molecular weight excluding hydrogens is 456 g/mol. The summed E-state index contributed by atoms with van der Waals surface area (Å²) in [5, 5.41) is 0. The number of H-pyrrole nitrogens is 2. The Bertz CT molecular complexity index is 1330. The van der Waals surface area contributed by atoms with Crippen LogP contribution in [0, 0.1) is 5.92 Å². The number of nitrogens with zero attached hydrogens (tertiary/aromatic N) is 2. The minimum atomic E-state index is -3.67. The molecule has 10 heteroatoms. The molecule has 1 aliphatic heterocycles. The predicted molar refractivity (Wildman–Crippen MR) is 119 cm³/mol. The molecular formula is C24H24N4O5S+2. The molecule has 1 saturated heterocycles. The first-order valence-electron chi connectivity index (χ1n) is 10.5. The van der Waals surface area contributed by atoms with Gasteiger partial charge < -0.3 is 4.90 Å². The zero-order valence-corrected chi connectivity index (χ0v) is 19.5. The zero-order chi connectivity index (χ0) is 24.5.